The van der Waals surface area contributed by atoms with Crippen molar-refractivity contribution in [3.05, 3.63) is 69.5 Å². The smallest absolute Gasteiger partial charge is 0.274 e. The fourth-order valence-electron chi connectivity index (χ4n) is 2.90. The molecule has 9 nitrogen and oxygen atoms in total. The first-order valence-corrected chi connectivity index (χ1v) is 11.0. The number of nitro groups is 1. The molecule has 0 spiro atoms. The van der Waals surface area contributed by atoms with Crippen LogP contribution >= 0.6 is 11.8 Å². The van der Waals surface area contributed by atoms with Gasteiger partial charge in [-0.25, -0.2) is 0 Å². The Morgan fingerprint density at radius 2 is 1.94 bits per heavy atom. The molecule has 1 amide bonds. The molecule has 2 aromatic carbocycles. The molecule has 0 fully saturated rings. The first-order chi connectivity index (χ1) is 15.2. The van der Waals surface area contributed by atoms with Crippen molar-refractivity contribution in [1.29, 1.82) is 0 Å². The molecule has 0 aliphatic heterocycles. The quantitative estimate of drug-likeness (QED) is 0.288. The molecular formula is C22H25N5O4S. The zero-order valence-corrected chi connectivity index (χ0v) is 19.2. The second-order valence-corrected chi connectivity index (χ2v) is 8.51. The van der Waals surface area contributed by atoms with Crippen molar-refractivity contribution >= 4 is 29.0 Å². The third-order valence-corrected chi connectivity index (χ3v) is 5.88. The van der Waals surface area contributed by atoms with Gasteiger partial charge in [0.1, 0.15) is 12.4 Å². The van der Waals surface area contributed by atoms with Crippen molar-refractivity contribution in [2.75, 3.05) is 11.1 Å². The number of carbonyl (C=O) groups excluding carboxylic acids is 1. The van der Waals surface area contributed by atoms with Crippen LogP contribution in [0.5, 0.6) is 5.75 Å². The van der Waals surface area contributed by atoms with E-state index in [9.17, 15) is 14.9 Å². The maximum atomic E-state index is 12.3. The molecule has 0 unspecified atom stereocenters. The first-order valence-electron chi connectivity index (χ1n) is 10.0. The Morgan fingerprint density at radius 1 is 1.22 bits per heavy atom. The fraction of sp³-hybridized carbons (Fsp3) is 0.318. The molecule has 0 aliphatic carbocycles. The largest absolute Gasteiger partial charge is 0.486 e. The van der Waals surface area contributed by atoms with Gasteiger partial charge >= 0.3 is 0 Å². The van der Waals surface area contributed by atoms with Crippen molar-refractivity contribution in [3.63, 3.8) is 0 Å². The molecule has 10 heteroatoms. The third-order valence-electron chi connectivity index (χ3n) is 4.86. The van der Waals surface area contributed by atoms with Crippen LogP contribution in [0.15, 0.2) is 47.6 Å². The lowest BCUT2D eigenvalue weighted by Crippen LogP contribution is -2.15. The van der Waals surface area contributed by atoms with Crippen molar-refractivity contribution in [1.82, 2.24) is 14.8 Å². The summed E-state index contributed by atoms with van der Waals surface area (Å²) in [4.78, 5) is 22.9. The van der Waals surface area contributed by atoms with Crippen LogP contribution < -0.4 is 10.1 Å². The number of nitrogens with one attached hydrogen (secondary N) is 1. The van der Waals surface area contributed by atoms with Gasteiger partial charge in [-0.3, -0.25) is 14.9 Å². The van der Waals surface area contributed by atoms with Crippen molar-refractivity contribution in [3.8, 4) is 5.75 Å². The zero-order chi connectivity index (χ0) is 23.3. The number of thioether (sulfide) groups is 1. The molecule has 0 radical (unpaired) electrons. The molecule has 0 atom stereocenters. The highest BCUT2D eigenvalue weighted by Crippen LogP contribution is 2.23. The number of rotatable bonds is 9. The number of nitro benzene ring substituents is 1. The molecule has 1 N–H and O–H groups in total. The van der Waals surface area contributed by atoms with Gasteiger partial charge in [-0.1, -0.05) is 43.8 Å². The Kier molecular flexibility index (Phi) is 7.47. The van der Waals surface area contributed by atoms with E-state index >= 15 is 0 Å². The summed E-state index contributed by atoms with van der Waals surface area (Å²) in [7, 11) is 1.81. The van der Waals surface area contributed by atoms with E-state index in [1.807, 2.05) is 31.3 Å². The lowest BCUT2D eigenvalue weighted by molar-refractivity contribution is -0.385. The van der Waals surface area contributed by atoms with Crippen LogP contribution in [0.3, 0.4) is 0 Å². The summed E-state index contributed by atoms with van der Waals surface area (Å²) < 4.78 is 7.57. The van der Waals surface area contributed by atoms with Gasteiger partial charge in [0.25, 0.3) is 5.69 Å². The average Bonchev–Trinajstić information content (AvgIpc) is 3.11. The van der Waals surface area contributed by atoms with Crippen LogP contribution in [0.1, 0.15) is 36.7 Å². The van der Waals surface area contributed by atoms with Gasteiger partial charge in [0.15, 0.2) is 11.0 Å². The number of ether oxygens (including phenoxy) is 1. The van der Waals surface area contributed by atoms with E-state index in [1.54, 1.807) is 23.6 Å². The molecule has 0 saturated carbocycles. The van der Waals surface area contributed by atoms with Gasteiger partial charge in [-0.05, 0) is 36.6 Å². The summed E-state index contributed by atoms with van der Waals surface area (Å²) in [5, 5.41) is 22.6. The minimum Gasteiger partial charge on any atom is -0.486 e. The number of hydrogen-bond donors (Lipinski definition) is 1. The van der Waals surface area contributed by atoms with E-state index in [0.29, 0.717) is 28.1 Å². The van der Waals surface area contributed by atoms with Crippen LogP contribution in [-0.2, 0) is 18.4 Å². The zero-order valence-electron chi connectivity index (χ0n) is 18.4. The number of aryl methyl sites for hydroxylation is 1. The van der Waals surface area contributed by atoms with Crippen molar-refractivity contribution in [2.24, 2.45) is 7.05 Å². The summed E-state index contributed by atoms with van der Waals surface area (Å²) >= 11 is 1.22. The second-order valence-electron chi connectivity index (χ2n) is 7.57. The molecule has 0 aliphatic rings. The molecule has 3 aromatic rings. The van der Waals surface area contributed by atoms with E-state index in [1.165, 1.54) is 23.4 Å². The summed E-state index contributed by atoms with van der Waals surface area (Å²) in [5.41, 5.74) is 2.12. The van der Waals surface area contributed by atoms with Gasteiger partial charge in [-0.15, -0.1) is 10.2 Å². The number of carbonyl (C=O) groups is 1. The molecule has 32 heavy (non-hydrogen) atoms. The van der Waals surface area contributed by atoms with E-state index in [4.69, 9.17) is 4.74 Å². The van der Waals surface area contributed by atoms with Gasteiger partial charge in [0, 0.05) is 24.4 Å². The number of amides is 1. The second kappa shape index (κ2) is 10.3. The average molecular weight is 456 g/mol. The molecule has 0 saturated heterocycles. The molecular weight excluding hydrogens is 430 g/mol. The van der Waals surface area contributed by atoms with E-state index < -0.39 is 4.92 Å². The molecule has 168 valence electrons. The van der Waals surface area contributed by atoms with Gasteiger partial charge in [0.05, 0.1) is 10.7 Å². The highest BCUT2D eigenvalue weighted by Gasteiger charge is 2.15. The predicted molar refractivity (Wildman–Crippen MR) is 123 cm³/mol. The SMILES string of the molecule is Cc1ccc(NC(=O)CSc2nnc(COc3ccc(C(C)C)cc3)n2C)cc1[N+](=O)[O-]. The minimum absolute atomic E-state index is 0.0350. The van der Waals surface area contributed by atoms with Crippen LogP contribution in [0.25, 0.3) is 0 Å². The highest BCUT2D eigenvalue weighted by atomic mass is 32.2. The minimum atomic E-state index is -0.471. The van der Waals surface area contributed by atoms with E-state index in [2.05, 4.69) is 29.4 Å². The van der Waals surface area contributed by atoms with E-state index in [0.717, 1.165) is 5.75 Å². The molecule has 1 aromatic heterocycles. The summed E-state index contributed by atoms with van der Waals surface area (Å²) in [6.45, 7) is 6.18. The van der Waals surface area contributed by atoms with Crippen LogP contribution in [0, 0.1) is 17.0 Å². The summed E-state index contributed by atoms with van der Waals surface area (Å²) in [6.07, 6.45) is 0. The van der Waals surface area contributed by atoms with E-state index in [-0.39, 0.29) is 24.0 Å². The molecule has 1 heterocycles. The monoisotopic (exact) mass is 455 g/mol. The topological polar surface area (TPSA) is 112 Å². The molecule has 0 bridgehead atoms. The predicted octanol–water partition coefficient (Wildman–Crippen LogP) is 4.46. The number of nitrogens with zero attached hydrogens (tertiary/aromatic N) is 4. The number of aromatic nitrogens is 3. The summed E-state index contributed by atoms with van der Waals surface area (Å²) in [5.74, 6) is 1.64. The Hall–Kier alpha value is -3.40. The maximum absolute atomic E-state index is 12.3. The molecule has 3 rings (SSSR count). The van der Waals surface area contributed by atoms with Crippen molar-refractivity contribution < 1.29 is 14.5 Å². The third kappa shape index (κ3) is 5.85. The van der Waals surface area contributed by atoms with Gasteiger partial charge in [0.2, 0.25) is 5.91 Å². The lowest BCUT2D eigenvalue weighted by atomic mass is 10.0. The fourth-order valence-corrected chi connectivity index (χ4v) is 3.63. The standard InChI is InChI=1S/C22H25N5O4S/c1-14(2)16-6-9-18(10-7-16)31-12-20-24-25-22(26(20)4)32-13-21(28)23-17-8-5-15(3)19(11-17)27(29)30/h5-11,14H,12-13H2,1-4H3,(H,23,28). The number of hydrogen-bond acceptors (Lipinski definition) is 7. The highest BCUT2D eigenvalue weighted by molar-refractivity contribution is 7.99. The van der Waals surface area contributed by atoms with Gasteiger partial charge < -0.3 is 14.6 Å². The summed E-state index contributed by atoms with van der Waals surface area (Å²) in [6, 6.07) is 12.5. The van der Waals surface area contributed by atoms with Crippen LogP contribution in [0.4, 0.5) is 11.4 Å². The van der Waals surface area contributed by atoms with Crippen molar-refractivity contribution in [2.45, 2.75) is 38.5 Å². The lowest BCUT2D eigenvalue weighted by Gasteiger charge is -2.09. The Morgan fingerprint density at radius 3 is 2.59 bits per heavy atom. The van der Waals surface area contributed by atoms with Gasteiger partial charge in [-0.2, -0.15) is 0 Å². The van der Waals surface area contributed by atoms with Crippen LogP contribution in [0.2, 0.25) is 0 Å². The number of anilines is 1. The Bertz CT molecular complexity index is 1110. The number of benzene rings is 2. The Balaban J connectivity index is 1.53. The first kappa shape index (κ1) is 23.3. The maximum Gasteiger partial charge on any atom is 0.274 e. The Labute approximate surface area is 190 Å². The normalized spacial score (nSPS) is 10.9. The van der Waals surface area contributed by atoms with Crippen LogP contribution in [-0.4, -0.2) is 31.3 Å².